The smallest absolute Gasteiger partial charge is 0.133 e. The second kappa shape index (κ2) is 9.84. The zero-order chi connectivity index (χ0) is 21.7. The molecule has 1 aromatic heterocycles. The van der Waals surface area contributed by atoms with Crippen molar-refractivity contribution in [1.82, 2.24) is 14.5 Å². The Balaban J connectivity index is 0.00000124. The van der Waals surface area contributed by atoms with E-state index < -0.39 is 0 Å². The van der Waals surface area contributed by atoms with Crippen molar-refractivity contribution in [3.05, 3.63) is 65.0 Å². The number of aromatic hydroxyl groups is 1. The van der Waals surface area contributed by atoms with Crippen LogP contribution < -0.4 is 4.72 Å². The van der Waals surface area contributed by atoms with E-state index in [2.05, 4.69) is 29.0 Å². The molecule has 0 unspecified atom stereocenters. The van der Waals surface area contributed by atoms with Crippen molar-refractivity contribution < 1.29 is 5.11 Å². The molecule has 1 fully saturated rings. The molecule has 1 saturated carbocycles. The number of hydrogen-bond acceptors (Lipinski definition) is 5. The monoisotopic (exact) mass is 420 g/mol. The molecule has 0 saturated heterocycles. The summed E-state index contributed by atoms with van der Waals surface area (Å²) in [7, 11) is 0. The molecule has 6 heteroatoms. The maximum Gasteiger partial charge on any atom is 0.133 e. The van der Waals surface area contributed by atoms with Gasteiger partial charge in [0.25, 0.3) is 0 Å². The highest BCUT2D eigenvalue weighted by atomic mass is 32.2. The lowest BCUT2D eigenvalue weighted by molar-refractivity contribution is 0.474. The highest BCUT2D eigenvalue weighted by molar-refractivity contribution is 7.97. The van der Waals surface area contributed by atoms with Crippen molar-refractivity contribution in [2.24, 2.45) is 0 Å². The van der Waals surface area contributed by atoms with E-state index in [9.17, 15) is 5.11 Å². The van der Waals surface area contributed by atoms with Gasteiger partial charge in [0.1, 0.15) is 11.8 Å². The number of nitriles is 1. The molecule has 1 aliphatic rings. The molecule has 30 heavy (non-hydrogen) atoms. The topological polar surface area (TPSA) is 73.9 Å². The summed E-state index contributed by atoms with van der Waals surface area (Å²) in [5, 5.41) is 23.7. The van der Waals surface area contributed by atoms with Crippen LogP contribution in [0.1, 0.15) is 49.2 Å². The minimum absolute atomic E-state index is 0.000513. The van der Waals surface area contributed by atoms with Crippen LogP contribution in [0.2, 0.25) is 0 Å². The Hall–Kier alpha value is -2.75. The first-order valence-corrected chi connectivity index (χ1v) is 11.2. The number of nitrogens with zero attached hydrogens (tertiary/aromatic N) is 3. The number of phenolic OH excluding ortho intramolecular Hbond substituents is 1. The predicted molar refractivity (Wildman–Crippen MR) is 122 cm³/mol. The molecule has 156 valence electrons. The van der Waals surface area contributed by atoms with Crippen molar-refractivity contribution in [3.8, 4) is 22.9 Å². The van der Waals surface area contributed by atoms with Gasteiger partial charge in [-0.05, 0) is 74.0 Å². The number of aryl methyl sites for hydroxylation is 1. The second-order valence-electron chi connectivity index (χ2n) is 7.19. The molecule has 1 heterocycles. The lowest BCUT2D eigenvalue weighted by atomic mass is 10.0. The first-order chi connectivity index (χ1) is 14.5. The first kappa shape index (κ1) is 21.9. The third-order valence-electron chi connectivity index (χ3n) is 4.96. The molecule has 0 bridgehead atoms. The second-order valence-corrected chi connectivity index (χ2v) is 8.10. The summed E-state index contributed by atoms with van der Waals surface area (Å²) >= 11 is 1.70. The normalized spacial score (nSPS) is 12.8. The van der Waals surface area contributed by atoms with Gasteiger partial charge in [0.05, 0.1) is 17.8 Å². The Labute approximate surface area is 182 Å². The van der Waals surface area contributed by atoms with E-state index in [-0.39, 0.29) is 11.3 Å². The summed E-state index contributed by atoms with van der Waals surface area (Å²) in [6.07, 6.45) is 2.56. The third kappa shape index (κ3) is 5.05. The average molecular weight is 421 g/mol. The molecule has 0 spiro atoms. The SMILES string of the molecule is CC.Cc1nn(Cc2ccc(SNC3CC3)cc2)c(C)c1-c1ccc(C#N)c(O)c1. The van der Waals surface area contributed by atoms with Crippen molar-refractivity contribution in [2.75, 3.05) is 0 Å². The summed E-state index contributed by atoms with van der Waals surface area (Å²) in [6.45, 7) is 8.70. The molecule has 1 aliphatic carbocycles. The van der Waals surface area contributed by atoms with Gasteiger partial charge < -0.3 is 5.11 Å². The fourth-order valence-electron chi connectivity index (χ4n) is 3.24. The van der Waals surface area contributed by atoms with Crippen LogP contribution in [0.25, 0.3) is 11.1 Å². The Morgan fingerprint density at radius 3 is 2.47 bits per heavy atom. The molecule has 0 aliphatic heterocycles. The van der Waals surface area contributed by atoms with E-state index in [1.54, 1.807) is 24.1 Å². The van der Waals surface area contributed by atoms with Crippen molar-refractivity contribution in [3.63, 3.8) is 0 Å². The number of rotatable bonds is 6. The van der Waals surface area contributed by atoms with E-state index in [1.807, 2.05) is 44.5 Å². The summed E-state index contributed by atoms with van der Waals surface area (Å²) in [5.41, 5.74) is 5.28. The molecule has 5 nitrogen and oxygen atoms in total. The van der Waals surface area contributed by atoms with Gasteiger partial charge >= 0.3 is 0 Å². The Kier molecular flexibility index (Phi) is 7.20. The van der Waals surface area contributed by atoms with Gasteiger partial charge in [0.2, 0.25) is 0 Å². The molecule has 2 N–H and O–H groups in total. The molecule has 2 aromatic carbocycles. The van der Waals surface area contributed by atoms with Crippen molar-refractivity contribution in [2.45, 2.75) is 58.0 Å². The van der Waals surface area contributed by atoms with Crippen molar-refractivity contribution >= 4 is 11.9 Å². The van der Waals surface area contributed by atoms with Gasteiger partial charge in [-0.3, -0.25) is 9.40 Å². The van der Waals surface area contributed by atoms with Gasteiger partial charge in [-0.2, -0.15) is 10.4 Å². The maximum atomic E-state index is 10.0. The Morgan fingerprint density at radius 2 is 1.87 bits per heavy atom. The summed E-state index contributed by atoms with van der Waals surface area (Å²) in [5.74, 6) is -0.000513. The predicted octanol–water partition coefficient (Wildman–Crippen LogP) is 5.58. The van der Waals surface area contributed by atoms with Gasteiger partial charge in [-0.15, -0.1) is 0 Å². The molecule has 0 atom stereocenters. The highest BCUT2D eigenvalue weighted by Crippen LogP contribution is 2.31. The summed E-state index contributed by atoms with van der Waals surface area (Å²) in [4.78, 5) is 1.22. The minimum atomic E-state index is -0.000513. The van der Waals surface area contributed by atoms with Crippen LogP contribution in [-0.2, 0) is 6.54 Å². The molecular weight excluding hydrogens is 392 g/mol. The largest absolute Gasteiger partial charge is 0.507 e. The van der Waals surface area contributed by atoms with Gasteiger partial charge in [-0.1, -0.05) is 32.0 Å². The Bertz CT molecular complexity index is 1050. The van der Waals surface area contributed by atoms with Gasteiger partial charge in [0, 0.05) is 22.2 Å². The number of benzene rings is 2. The molecular formula is C24H28N4OS. The summed E-state index contributed by atoms with van der Waals surface area (Å²) in [6, 6.07) is 16.4. The molecule has 4 rings (SSSR count). The van der Waals surface area contributed by atoms with E-state index in [4.69, 9.17) is 10.4 Å². The molecule has 0 radical (unpaired) electrons. The van der Waals surface area contributed by atoms with E-state index in [0.29, 0.717) is 12.6 Å². The standard InChI is InChI=1S/C22H22N4OS.C2H6/c1-14-22(17-5-6-18(12-23)21(27)11-17)15(2)26(24-14)13-16-3-9-20(10-4-16)28-25-19-7-8-19;1-2/h3-6,9-11,19,25,27H,7-8,13H2,1-2H3;1-2H3. The number of hydrogen-bond donors (Lipinski definition) is 2. The number of phenols is 1. The lowest BCUT2D eigenvalue weighted by Crippen LogP contribution is -2.05. The van der Waals surface area contributed by atoms with Crippen molar-refractivity contribution in [1.29, 1.82) is 5.26 Å². The number of nitrogens with one attached hydrogen (secondary N) is 1. The van der Waals surface area contributed by atoms with Crippen LogP contribution >= 0.6 is 11.9 Å². The molecule has 3 aromatic rings. The van der Waals surface area contributed by atoms with E-state index in [0.717, 1.165) is 22.5 Å². The highest BCUT2D eigenvalue weighted by Gasteiger charge is 2.20. The molecule has 0 amide bonds. The third-order valence-corrected chi connectivity index (χ3v) is 5.92. The van der Waals surface area contributed by atoms with Crippen LogP contribution in [0.5, 0.6) is 5.75 Å². The van der Waals surface area contributed by atoms with Gasteiger partial charge in [-0.25, -0.2) is 0 Å². The lowest BCUT2D eigenvalue weighted by Gasteiger charge is -2.08. The van der Waals surface area contributed by atoms with E-state index in [1.165, 1.54) is 23.3 Å². The van der Waals surface area contributed by atoms with Crippen LogP contribution in [0.3, 0.4) is 0 Å². The van der Waals surface area contributed by atoms with E-state index >= 15 is 0 Å². The fourth-order valence-corrected chi connectivity index (χ4v) is 4.05. The first-order valence-electron chi connectivity index (χ1n) is 10.3. The summed E-state index contributed by atoms with van der Waals surface area (Å²) < 4.78 is 5.44. The van der Waals surface area contributed by atoms with Crippen LogP contribution in [0.15, 0.2) is 47.4 Å². The van der Waals surface area contributed by atoms with Crippen LogP contribution in [-0.4, -0.2) is 20.9 Å². The quantitative estimate of drug-likeness (QED) is 0.509. The zero-order valence-electron chi connectivity index (χ0n) is 17.9. The average Bonchev–Trinajstić information content (AvgIpc) is 3.54. The minimum Gasteiger partial charge on any atom is -0.507 e. The fraction of sp³-hybridized carbons (Fsp3) is 0.333. The Morgan fingerprint density at radius 1 is 1.17 bits per heavy atom. The zero-order valence-corrected chi connectivity index (χ0v) is 18.8. The van der Waals surface area contributed by atoms with Crippen LogP contribution in [0, 0.1) is 25.2 Å². The van der Waals surface area contributed by atoms with Crippen LogP contribution in [0.4, 0.5) is 0 Å². The maximum absolute atomic E-state index is 10.0. The van der Waals surface area contributed by atoms with Gasteiger partial charge in [0.15, 0.2) is 0 Å². The number of aromatic nitrogens is 2.